The zero-order valence-corrected chi connectivity index (χ0v) is 17.8. The second-order valence-electron chi connectivity index (χ2n) is 7.99. The Morgan fingerprint density at radius 2 is 2.07 bits per heavy atom. The van der Waals surface area contributed by atoms with Gasteiger partial charge in [-0.15, -0.1) is 0 Å². The molecule has 2 N–H and O–H groups in total. The summed E-state index contributed by atoms with van der Waals surface area (Å²) in [6.07, 6.45) is 3.72. The zero-order chi connectivity index (χ0) is 21.2. The fourth-order valence-electron chi connectivity index (χ4n) is 3.37. The Morgan fingerprint density at radius 1 is 1.31 bits per heavy atom. The topological polar surface area (TPSA) is 98.1 Å². The van der Waals surface area contributed by atoms with Crippen LogP contribution in [0.15, 0.2) is 18.5 Å². The molecule has 3 heterocycles. The molecule has 0 saturated heterocycles. The highest BCUT2D eigenvalue weighted by Crippen LogP contribution is 2.30. The summed E-state index contributed by atoms with van der Waals surface area (Å²) in [4.78, 5) is 34.2. The van der Waals surface area contributed by atoms with Crippen LogP contribution in [0.2, 0.25) is 5.02 Å². The van der Waals surface area contributed by atoms with Gasteiger partial charge in [-0.3, -0.25) is 14.6 Å². The molecular weight excluding hydrogens is 394 g/mol. The van der Waals surface area contributed by atoms with E-state index in [4.69, 9.17) is 16.3 Å². The van der Waals surface area contributed by atoms with Crippen LogP contribution in [-0.4, -0.2) is 52.7 Å². The van der Waals surface area contributed by atoms with Crippen LogP contribution in [0.5, 0.6) is 0 Å². The molecule has 0 saturated carbocycles. The molecule has 3 rings (SSSR count). The van der Waals surface area contributed by atoms with Crippen LogP contribution in [0.25, 0.3) is 11.4 Å². The maximum atomic E-state index is 13.2. The van der Waals surface area contributed by atoms with Gasteiger partial charge in [0.2, 0.25) is 5.91 Å². The maximum absolute atomic E-state index is 13.2. The quantitative estimate of drug-likeness (QED) is 0.790. The number of nitrogens with zero attached hydrogens (tertiary/aromatic N) is 3. The summed E-state index contributed by atoms with van der Waals surface area (Å²) in [7, 11) is 1.55. The average Bonchev–Trinajstić information content (AvgIpc) is 2.85. The lowest BCUT2D eigenvalue weighted by molar-refractivity contribution is -0.124. The Labute approximate surface area is 175 Å². The van der Waals surface area contributed by atoms with E-state index in [9.17, 15) is 9.59 Å². The molecule has 0 bridgehead atoms. The molecule has 0 unspecified atom stereocenters. The summed E-state index contributed by atoms with van der Waals surface area (Å²) in [5.74, 6) is -0.0530. The predicted molar refractivity (Wildman–Crippen MR) is 110 cm³/mol. The monoisotopic (exact) mass is 419 g/mol. The second kappa shape index (κ2) is 8.51. The van der Waals surface area contributed by atoms with Gasteiger partial charge in [0.15, 0.2) is 0 Å². The Morgan fingerprint density at radius 3 is 2.72 bits per heavy atom. The first-order valence-electron chi connectivity index (χ1n) is 9.53. The lowest BCUT2D eigenvalue weighted by atomic mass is 9.86. The van der Waals surface area contributed by atoms with Gasteiger partial charge in [-0.2, -0.15) is 0 Å². The van der Waals surface area contributed by atoms with Crippen molar-refractivity contribution in [1.82, 2.24) is 25.2 Å². The molecule has 1 aliphatic rings. The van der Waals surface area contributed by atoms with Crippen molar-refractivity contribution in [3.63, 3.8) is 0 Å². The highest BCUT2D eigenvalue weighted by molar-refractivity contribution is 6.33. The number of hydrogen-bond donors (Lipinski definition) is 2. The minimum atomic E-state index is -0.702. The predicted octanol–water partition coefficient (Wildman–Crippen LogP) is 2.06. The van der Waals surface area contributed by atoms with Crippen molar-refractivity contribution in [3.05, 3.63) is 34.9 Å². The Hall–Kier alpha value is -2.45. The van der Waals surface area contributed by atoms with Crippen molar-refractivity contribution >= 4 is 23.4 Å². The van der Waals surface area contributed by atoms with Crippen LogP contribution < -0.4 is 10.6 Å². The number of pyridine rings is 1. The molecule has 0 spiro atoms. The van der Waals surface area contributed by atoms with E-state index >= 15 is 0 Å². The van der Waals surface area contributed by atoms with Crippen LogP contribution in [0, 0.1) is 5.41 Å². The third kappa shape index (κ3) is 4.43. The van der Waals surface area contributed by atoms with E-state index in [-0.39, 0.29) is 11.6 Å². The first-order chi connectivity index (χ1) is 13.7. The number of nitrogens with one attached hydrogen (secondary N) is 2. The summed E-state index contributed by atoms with van der Waals surface area (Å²) >= 11 is 6.33. The molecule has 0 aliphatic carbocycles. The third-order valence-corrected chi connectivity index (χ3v) is 5.19. The minimum absolute atomic E-state index is 0.253. The SMILES string of the molecule is CNC(=O)[C@@H](NC(=O)c1nc(-c2ccncc2Cl)n2c1CCOCC2)C(C)(C)C. The molecule has 1 atom stereocenters. The second-order valence-corrected chi connectivity index (χ2v) is 8.39. The Bertz CT molecular complexity index is 919. The van der Waals surface area contributed by atoms with E-state index < -0.39 is 17.4 Å². The van der Waals surface area contributed by atoms with Crippen molar-refractivity contribution in [3.8, 4) is 11.4 Å². The summed E-state index contributed by atoms with van der Waals surface area (Å²) < 4.78 is 7.56. The average molecular weight is 420 g/mol. The van der Waals surface area contributed by atoms with E-state index in [2.05, 4.69) is 20.6 Å². The Kier molecular flexibility index (Phi) is 6.24. The first kappa shape index (κ1) is 21.3. The van der Waals surface area contributed by atoms with Gasteiger partial charge in [-0.05, 0) is 11.5 Å². The maximum Gasteiger partial charge on any atom is 0.272 e. The molecule has 1 aliphatic heterocycles. The number of amides is 2. The zero-order valence-electron chi connectivity index (χ0n) is 17.1. The first-order valence-corrected chi connectivity index (χ1v) is 9.91. The van der Waals surface area contributed by atoms with Gasteiger partial charge < -0.3 is 19.9 Å². The molecule has 9 heteroatoms. The Balaban J connectivity index is 2.04. The molecule has 0 fully saturated rings. The fourth-order valence-corrected chi connectivity index (χ4v) is 3.57. The highest BCUT2D eigenvalue weighted by Gasteiger charge is 2.34. The number of fused-ring (bicyclic) bond motifs is 1. The van der Waals surface area contributed by atoms with Crippen LogP contribution >= 0.6 is 11.6 Å². The molecule has 8 nitrogen and oxygen atoms in total. The van der Waals surface area contributed by atoms with Crippen molar-refractivity contribution in [2.45, 2.75) is 39.8 Å². The van der Waals surface area contributed by atoms with Crippen LogP contribution in [0.1, 0.15) is 37.0 Å². The number of hydrogen-bond acceptors (Lipinski definition) is 5. The molecule has 2 aromatic rings. The van der Waals surface area contributed by atoms with Crippen molar-refractivity contribution in [2.75, 3.05) is 20.3 Å². The molecule has 156 valence electrons. The highest BCUT2D eigenvalue weighted by atomic mass is 35.5. The number of likely N-dealkylation sites (N-methyl/N-ethyl adjacent to an activating group) is 1. The summed E-state index contributed by atoms with van der Waals surface area (Å²) in [6.45, 7) is 7.27. The van der Waals surface area contributed by atoms with E-state index in [0.29, 0.717) is 42.6 Å². The van der Waals surface area contributed by atoms with Crippen molar-refractivity contribution in [2.24, 2.45) is 5.41 Å². The minimum Gasteiger partial charge on any atom is -0.379 e. The molecule has 0 radical (unpaired) electrons. The third-order valence-electron chi connectivity index (χ3n) is 4.89. The number of carbonyl (C=O) groups excluding carboxylic acids is 2. The largest absolute Gasteiger partial charge is 0.379 e. The van der Waals surface area contributed by atoms with Gasteiger partial charge >= 0.3 is 0 Å². The number of halogens is 1. The standard InChI is InChI=1S/C20H26ClN5O3/c1-20(2,3)16(19(28)22-4)25-18(27)15-14-6-9-29-10-8-26(14)17(24-15)12-5-7-23-11-13(12)21/h5,7,11,16H,6,8-10H2,1-4H3,(H,22,28)(H,25,27)/t16-/m1/s1. The normalized spacial score (nSPS) is 15.2. The van der Waals surface area contributed by atoms with E-state index in [0.717, 1.165) is 5.69 Å². The van der Waals surface area contributed by atoms with E-state index in [1.165, 1.54) is 0 Å². The molecule has 2 aromatic heterocycles. The molecule has 29 heavy (non-hydrogen) atoms. The lowest BCUT2D eigenvalue weighted by Crippen LogP contribution is -2.53. The van der Waals surface area contributed by atoms with Gasteiger partial charge in [0.25, 0.3) is 5.91 Å². The number of imidazole rings is 1. The van der Waals surface area contributed by atoms with Gasteiger partial charge in [0, 0.05) is 38.0 Å². The van der Waals surface area contributed by atoms with Crippen LogP contribution in [0.3, 0.4) is 0 Å². The van der Waals surface area contributed by atoms with Gasteiger partial charge in [-0.1, -0.05) is 32.4 Å². The van der Waals surface area contributed by atoms with Crippen molar-refractivity contribution < 1.29 is 14.3 Å². The molecular formula is C20H26ClN5O3. The fraction of sp³-hybridized carbons (Fsp3) is 0.500. The van der Waals surface area contributed by atoms with Crippen LogP contribution in [0.4, 0.5) is 0 Å². The molecule has 2 amide bonds. The van der Waals surface area contributed by atoms with E-state index in [1.807, 2.05) is 25.3 Å². The smallest absolute Gasteiger partial charge is 0.272 e. The van der Waals surface area contributed by atoms with E-state index in [1.54, 1.807) is 25.5 Å². The number of aromatic nitrogens is 3. The summed E-state index contributed by atoms with van der Waals surface area (Å²) in [6, 6.07) is 1.07. The van der Waals surface area contributed by atoms with Gasteiger partial charge in [-0.25, -0.2) is 4.98 Å². The summed E-state index contributed by atoms with van der Waals surface area (Å²) in [5, 5.41) is 5.93. The summed E-state index contributed by atoms with van der Waals surface area (Å²) in [5.41, 5.74) is 1.29. The van der Waals surface area contributed by atoms with Gasteiger partial charge in [0.1, 0.15) is 17.6 Å². The lowest BCUT2D eigenvalue weighted by Gasteiger charge is -2.29. The number of rotatable bonds is 4. The van der Waals surface area contributed by atoms with Crippen molar-refractivity contribution in [1.29, 1.82) is 0 Å². The molecule has 0 aromatic carbocycles. The van der Waals surface area contributed by atoms with Gasteiger partial charge in [0.05, 0.1) is 23.9 Å². The number of carbonyl (C=O) groups is 2. The van der Waals surface area contributed by atoms with Crippen LogP contribution in [-0.2, 0) is 22.5 Å². The number of ether oxygens (including phenoxy) is 1.